The van der Waals surface area contributed by atoms with Crippen molar-refractivity contribution in [3.8, 4) is 0 Å². The van der Waals surface area contributed by atoms with E-state index in [9.17, 15) is 0 Å². The Bertz CT molecular complexity index is 1530. The molecule has 0 amide bonds. The molecule has 2 atom stereocenters. The van der Waals surface area contributed by atoms with E-state index in [-0.39, 0.29) is 0 Å². The average Bonchev–Trinajstić information content (AvgIpc) is 3.22. The summed E-state index contributed by atoms with van der Waals surface area (Å²) < 4.78 is 0. The molecule has 4 N–H and O–H groups in total. The molecule has 2 unspecified atom stereocenters. The van der Waals surface area contributed by atoms with Gasteiger partial charge in [-0.1, -0.05) is 203 Å². The predicted molar refractivity (Wildman–Crippen MR) is 257 cm³/mol. The first-order chi connectivity index (χ1) is 28.4. The minimum atomic E-state index is 0.465. The molecule has 0 saturated heterocycles. The fourth-order valence-corrected chi connectivity index (χ4v) is 9.35. The molecule has 0 aromatic heterocycles. The number of aryl methyl sites for hydroxylation is 4. The first-order valence-electron chi connectivity index (χ1n) is 24.3. The van der Waals surface area contributed by atoms with Gasteiger partial charge >= 0.3 is 0 Å². The van der Waals surface area contributed by atoms with Crippen molar-refractivity contribution >= 4 is 11.4 Å². The van der Waals surface area contributed by atoms with Gasteiger partial charge in [-0.15, -0.1) is 0 Å². The summed E-state index contributed by atoms with van der Waals surface area (Å²) in [7, 11) is 0. The van der Waals surface area contributed by atoms with Crippen LogP contribution in [0.4, 0.5) is 11.4 Å². The predicted octanol–water partition coefficient (Wildman–Crippen LogP) is 16.9. The van der Waals surface area contributed by atoms with Crippen LogP contribution in [0.15, 0.2) is 84.9 Å². The van der Waals surface area contributed by atoms with Crippen LogP contribution in [-0.2, 0) is 12.8 Å². The fraction of sp³-hybridized carbons (Fsp3) is 0.571. The van der Waals surface area contributed by atoms with Gasteiger partial charge in [0.25, 0.3) is 0 Å². The number of benzene rings is 4. The lowest BCUT2D eigenvalue weighted by molar-refractivity contribution is 0.533. The average molecular weight is 785 g/mol. The van der Waals surface area contributed by atoms with Crippen LogP contribution >= 0.6 is 0 Å². The quantitative estimate of drug-likeness (QED) is 0.0394. The molecule has 0 bridgehead atoms. The Morgan fingerprint density at radius 3 is 0.983 bits per heavy atom. The monoisotopic (exact) mass is 785 g/mol. The van der Waals surface area contributed by atoms with E-state index in [1.165, 1.54) is 211 Å². The van der Waals surface area contributed by atoms with Gasteiger partial charge in [0.15, 0.2) is 0 Å². The lowest BCUT2D eigenvalue weighted by Crippen LogP contribution is -2.05. The van der Waals surface area contributed by atoms with Gasteiger partial charge in [0.05, 0.1) is 0 Å². The maximum atomic E-state index is 6.10. The molecule has 318 valence electrons. The molecule has 0 aliphatic carbocycles. The van der Waals surface area contributed by atoms with Crippen molar-refractivity contribution in [3.63, 3.8) is 0 Å². The molecule has 0 aliphatic heterocycles. The molecule has 0 radical (unpaired) electrons. The SMILES string of the molecule is CCCCCCC(c1ccc(CCCCCCCCCCCCCCCCc2ccc(C(CCCCCC)c3ccc(N)cc3C)cc2)cc1)c1ccc(N)cc1C. The summed E-state index contributed by atoms with van der Waals surface area (Å²) in [5.74, 6) is 0.931. The van der Waals surface area contributed by atoms with Crippen molar-refractivity contribution in [2.24, 2.45) is 0 Å². The van der Waals surface area contributed by atoms with Crippen molar-refractivity contribution in [1.82, 2.24) is 0 Å². The second-order valence-electron chi connectivity index (χ2n) is 18.0. The third-order valence-corrected chi connectivity index (χ3v) is 13.0. The number of nitrogen functional groups attached to an aromatic ring is 2. The van der Waals surface area contributed by atoms with Gasteiger partial charge in [0, 0.05) is 23.2 Å². The number of rotatable bonds is 31. The zero-order chi connectivity index (χ0) is 41.2. The molecular weight excluding hydrogens is 701 g/mol. The highest BCUT2D eigenvalue weighted by Gasteiger charge is 2.18. The van der Waals surface area contributed by atoms with E-state index in [1.54, 1.807) is 0 Å². The Labute approximate surface area is 357 Å². The molecule has 4 aromatic carbocycles. The molecule has 4 aromatic rings. The number of anilines is 2. The summed E-state index contributed by atoms with van der Waals surface area (Å²) in [5.41, 5.74) is 25.4. The summed E-state index contributed by atoms with van der Waals surface area (Å²) in [6.07, 6.45) is 34.8. The van der Waals surface area contributed by atoms with Crippen LogP contribution in [0.3, 0.4) is 0 Å². The van der Waals surface area contributed by atoms with Crippen molar-refractivity contribution in [3.05, 3.63) is 129 Å². The van der Waals surface area contributed by atoms with Crippen molar-refractivity contribution < 1.29 is 0 Å². The summed E-state index contributed by atoms with van der Waals surface area (Å²) in [6.45, 7) is 9.03. The Kier molecular flexibility index (Phi) is 22.8. The highest BCUT2D eigenvalue weighted by Crippen LogP contribution is 2.35. The van der Waals surface area contributed by atoms with Crippen molar-refractivity contribution in [2.45, 2.75) is 206 Å². The summed E-state index contributed by atoms with van der Waals surface area (Å²) in [5, 5.41) is 0. The highest BCUT2D eigenvalue weighted by molar-refractivity contribution is 5.49. The molecular formula is C56H84N2. The van der Waals surface area contributed by atoms with E-state index in [0.717, 1.165) is 11.4 Å². The smallest absolute Gasteiger partial charge is 0.0316 e. The van der Waals surface area contributed by atoms with Crippen molar-refractivity contribution in [2.75, 3.05) is 11.5 Å². The number of hydrogen-bond donors (Lipinski definition) is 2. The first kappa shape index (κ1) is 47.2. The van der Waals surface area contributed by atoms with Gasteiger partial charge in [-0.2, -0.15) is 0 Å². The van der Waals surface area contributed by atoms with Gasteiger partial charge in [0.2, 0.25) is 0 Å². The minimum absolute atomic E-state index is 0.465. The topological polar surface area (TPSA) is 52.0 Å². The molecule has 0 spiro atoms. The third kappa shape index (κ3) is 17.4. The Morgan fingerprint density at radius 2 is 0.672 bits per heavy atom. The van der Waals surface area contributed by atoms with Gasteiger partial charge < -0.3 is 11.5 Å². The van der Waals surface area contributed by atoms with Crippen molar-refractivity contribution in [1.29, 1.82) is 0 Å². The summed E-state index contributed by atoms with van der Waals surface area (Å²) in [4.78, 5) is 0. The summed E-state index contributed by atoms with van der Waals surface area (Å²) >= 11 is 0. The molecule has 2 heteroatoms. The van der Waals surface area contributed by atoms with Gasteiger partial charge in [-0.05, 0) is 121 Å². The number of nitrogens with two attached hydrogens (primary N) is 2. The van der Waals surface area contributed by atoms with Crippen LogP contribution in [0, 0.1) is 13.8 Å². The second kappa shape index (κ2) is 28.0. The standard InChI is InChI=1S/C56H84N2/c1-5-7-9-25-29-55(53-41-39-51(57)43-45(53)3)49-35-31-47(32-36-49)27-23-21-19-17-15-13-11-12-14-16-18-20-22-24-28-48-33-37-50(38-34-48)56(30-26-10-8-6-2)54-42-40-52(58)44-46(54)4/h31-44,55-56H,5-30,57-58H2,1-4H3. The Hall–Kier alpha value is -3.52. The first-order valence-corrected chi connectivity index (χ1v) is 24.3. The second-order valence-corrected chi connectivity index (χ2v) is 18.0. The minimum Gasteiger partial charge on any atom is -0.399 e. The maximum Gasteiger partial charge on any atom is 0.0316 e. The molecule has 2 nitrogen and oxygen atoms in total. The normalized spacial score (nSPS) is 12.6. The van der Waals surface area contributed by atoms with Crippen LogP contribution in [0.5, 0.6) is 0 Å². The van der Waals surface area contributed by atoms with Gasteiger partial charge in [-0.25, -0.2) is 0 Å². The van der Waals surface area contributed by atoms with E-state index >= 15 is 0 Å². The zero-order valence-corrected chi connectivity index (χ0v) is 37.8. The van der Waals surface area contributed by atoms with E-state index in [4.69, 9.17) is 11.5 Å². The Morgan fingerprint density at radius 1 is 0.362 bits per heavy atom. The Balaban J connectivity index is 1.00. The van der Waals surface area contributed by atoms with E-state index < -0.39 is 0 Å². The molecule has 58 heavy (non-hydrogen) atoms. The largest absolute Gasteiger partial charge is 0.399 e. The van der Waals surface area contributed by atoms with Crippen LogP contribution in [0.2, 0.25) is 0 Å². The van der Waals surface area contributed by atoms with Crippen LogP contribution in [0.1, 0.15) is 224 Å². The van der Waals surface area contributed by atoms with E-state index in [2.05, 4.69) is 113 Å². The lowest BCUT2D eigenvalue weighted by Gasteiger charge is -2.21. The molecule has 4 rings (SSSR count). The van der Waals surface area contributed by atoms with E-state index in [1.807, 2.05) is 0 Å². The molecule has 0 saturated carbocycles. The number of unbranched alkanes of at least 4 members (excludes halogenated alkanes) is 19. The van der Waals surface area contributed by atoms with Gasteiger partial charge in [-0.3, -0.25) is 0 Å². The third-order valence-electron chi connectivity index (χ3n) is 13.0. The highest BCUT2D eigenvalue weighted by atomic mass is 14.5. The lowest BCUT2D eigenvalue weighted by atomic mass is 9.84. The maximum absolute atomic E-state index is 6.10. The molecule has 0 aliphatic rings. The number of hydrogen-bond acceptors (Lipinski definition) is 2. The fourth-order valence-electron chi connectivity index (χ4n) is 9.35. The zero-order valence-electron chi connectivity index (χ0n) is 37.8. The van der Waals surface area contributed by atoms with Crippen LogP contribution in [-0.4, -0.2) is 0 Å². The molecule has 0 fully saturated rings. The van der Waals surface area contributed by atoms with E-state index in [0.29, 0.717) is 11.8 Å². The van der Waals surface area contributed by atoms with Crippen LogP contribution in [0.25, 0.3) is 0 Å². The molecule has 0 heterocycles. The van der Waals surface area contributed by atoms with Crippen LogP contribution < -0.4 is 11.5 Å². The van der Waals surface area contributed by atoms with Gasteiger partial charge in [0.1, 0.15) is 0 Å². The summed E-state index contributed by atoms with van der Waals surface area (Å²) in [6, 6.07) is 32.2.